The molecule has 0 aromatic heterocycles. The van der Waals surface area contributed by atoms with Crippen molar-refractivity contribution in [1.82, 2.24) is 0 Å². The van der Waals surface area contributed by atoms with Gasteiger partial charge in [0.2, 0.25) is 0 Å². The molecule has 18 heavy (non-hydrogen) atoms. The molecule has 0 radical (unpaired) electrons. The average molecular weight is 279 g/mol. The Bertz CT molecular complexity index is 510. The van der Waals surface area contributed by atoms with E-state index in [1.165, 1.54) is 0 Å². The molecule has 0 aliphatic carbocycles. The maximum atomic E-state index is 9.72. The molecule has 1 atom stereocenters. The number of halogens is 1. The Kier molecular flexibility index (Phi) is 4.70. The van der Waals surface area contributed by atoms with Gasteiger partial charge in [0.15, 0.2) is 0 Å². The van der Waals surface area contributed by atoms with Crippen LogP contribution in [-0.4, -0.2) is 5.11 Å². The normalized spacial score (nSPS) is 12.4. The molecule has 0 bridgehead atoms. The first-order chi connectivity index (χ1) is 8.69. The van der Waals surface area contributed by atoms with Gasteiger partial charge in [-0.2, -0.15) is 0 Å². The van der Waals surface area contributed by atoms with Crippen molar-refractivity contribution >= 4 is 23.4 Å². The van der Waals surface area contributed by atoms with Gasteiger partial charge in [-0.3, -0.25) is 0 Å². The molecule has 0 amide bonds. The molecule has 1 N–H and O–H groups in total. The molecule has 0 aliphatic heterocycles. The lowest BCUT2D eigenvalue weighted by atomic mass is 10.1. The summed E-state index contributed by atoms with van der Waals surface area (Å²) in [5.74, 6) is 0. The number of hydrogen-bond acceptors (Lipinski definition) is 2. The molecule has 2 aromatic rings. The molecule has 0 unspecified atom stereocenters. The van der Waals surface area contributed by atoms with Crippen molar-refractivity contribution in [3.8, 4) is 0 Å². The summed E-state index contributed by atoms with van der Waals surface area (Å²) in [6, 6.07) is 15.8. The lowest BCUT2D eigenvalue weighted by Gasteiger charge is -2.08. The van der Waals surface area contributed by atoms with Crippen molar-refractivity contribution in [2.75, 3.05) is 0 Å². The highest BCUT2D eigenvalue weighted by molar-refractivity contribution is 7.99. The maximum Gasteiger partial charge on any atom is 0.0787 e. The molecule has 0 spiro atoms. The van der Waals surface area contributed by atoms with E-state index in [2.05, 4.69) is 0 Å². The number of rotatable bonds is 4. The molecule has 0 fully saturated rings. The van der Waals surface area contributed by atoms with Crippen LogP contribution < -0.4 is 0 Å². The van der Waals surface area contributed by atoms with Crippen molar-refractivity contribution < 1.29 is 5.11 Å². The molecule has 0 heterocycles. The second kappa shape index (κ2) is 6.28. The number of hydrogen-bond donors (Lipinski definition) is 1. The zero-order valence-electron chi connectivity index (χ0n) is 10.1. The summed E-state index contributed by atoms with van der Waals surface area (Å²) >= 11 is 7.61. The van der Waals surface area contributed by atoms with Gasteiger partial charge < -0.3 is 5.11 Å². The van der Waals surface area contributed by atoms with Gasteiger partial charge in [-0.25, -0.2) is 0 Å². The summed E-state index contributed by atoms with van der Waals surface area (Å²) in [6.07, 6.45) is 0.371. The van der Waals surface area contributed by atoms with Gasteiger partial charge in [0.1, 0.15) is 0 Å². The summed E-state index contributed by atoms with van der Waals surface area (Å²) in [6.45, 7) is 1.97. The zero-order chi connectivity index (χ0) is 13.0. The molecular formula is C15H15ClOS. The monoisotopic (exact) mass is 278 g/mol. The first-order valence-corrected chi connectivity index (χ1v) is 7.10. The van der Waals surface area contributed by atoms with Crippen LogP contribution in [0.2, 0.25) is 5.02 Å². The van der Waals surface area contributed by atoms with Gasteiger partial charge in [-0.05, 0) is 42.3 Å². The van der Waals surface area contributed by atoms with E-state index in [0.29, 0.717) is 0 Å². The summed E-state index contributed by atoms with van der Waals surface area (Å²) < 4.78 is 0. The van der Waals surface area contributed by atoms with Crippen LogP contribution in [0.5, 0.6) is 0 Å². The van der Waals surface area contributed by atoms with Gasteiger partial charge in [0.25, 0.3) is 0 Å². The third kappa shape index (κ3) is 3.52. The van der Waals surface area contributed by atoms with Gasteiger partial charge >= 0.3 is 0 Å². The third-order valence-corrected chi connectivity index (χ3v) is 3.92. The molecule has 2 aromatic carbocycles. The van der Waals surface area contributed by atoms with Crippen molar-refractivity contribution in [1.29, 1.82) is 0 Å². The Balaban J connectivity index is 2.11. The minimum absolute atomic E-state index is 0.366. The lowest BCUT2D eigenvalue weighted by Crippen LogP contribution is -1.93. The van der Waals surface area contributed by atoms with E-state index in [9.17, 15) is 5.11 Å². The van der Waals surface area contributed by atoms with E-state index in [1.54, 1.807) is 11.8 Å². The van der Waals surface area contributed by atoms with Crippen LogP contribution >= 0.6 is 23.4 Å². The number of aliphatic hydroxyl groups is 1. The molecule has 2 rings (SSSR count). The molecular weight excluding hydrogens is 264 g/mol. The number of aliphatic hydroxyl groups excluding tert-OH is 1. The minimum atomic E-state index is -0.366. The van der Waals surface area contributed by atoms with Crippen LogP contribution in [0.1, 0.15) is 25.0 Å². The smallest absolute Gasteiger partial charge is 0.0787 e. The topological polar surface area (TPSA) is 20.2 Å². The van der Waals surface area contributed by atoms with Gasteiger partial charge in [-0.15, -0.1) is 0 Å². The Labute approximate surface area is 117 Å². The maximum absolute atomic E-state index is 9.72. The first-order valence-electron chi connectivity index (χ1n) is 5.90. The Morgan fingerprint density at radius 1 is 1.11 bits per heavy atom. The van der Waals surface area contributed by atoms with E-state index in [0.717, 1.165) is 26.8 Å². The van der Waals surface area contributed by atoms with Crippen LogP contribution in [0.25, 0.3) is 0 Å². The fourth-order valence-electron chi connectivity index (χ4n) is 1.66. The largest absolute Gasteiger partial charge is 0.388 e. The zero-order valence-corrected chi connectivity index (χ0v) is 11.7. The van der Waals surface area contributed by atoms with E-state index in [1.807, 2.05) is 55.5 Å². The van der Waals surface area contributed by atoms with Crippen molar-refractivity contribution in [3.05, 3.63) is 59.1 Å². The van der Waals surface area contributed by atoms with Gasteiger partial charge in [0, 0.05) is 14.8 Å². The Morgan fingerprint density at radius 3 is 2.44 bits per heavy atom. The molecule has 1 nitrogen and oxygen atoms in total. The standard InChI is InChI=1S/C15H15ClOS/c1-2-15(17)11-6-8-13(9-7-11)18-14-5-3-4-12(16)10-14/h3-10,15,17H,2H2,1H3/t15-/m1/s1. The third-order valence-electron chi connectivity index (χ3n) is 2.68. The van der Waals surface area contributed by atoms with Crippen LogP contribution in [0.3, 0.4) is 0 Å². The Hall–Kier alpha value is -0.960. The van der Waals surface area contributed by atoms with Crippen molar-refractivity contribution in [2.24, 2.45) is 0 Å². The highest BCUT2D eigenvalue weighted by Gasteiger charge is 2.04. The SMILES string of the molecule is CC[C@@H](O)c1ccc(Sc2cccc(Cl)c2)cc1. The van der Waals surface area contributed by atoms with Crippen LogP contribution in [-0.2, 0) is 0 Å². The molecule has 0 saturated heterocycles. The Morgan fingerprint density at radius 2 is 1.83 bits per heavy atom. The summed E-state index contributed by atoms with van der Waals surface area (Å²) in [4.78, 5) is 2.26. The average Bonchev–Trinajstić information content (AvgIpc) is 2.39. The second-order valence-electron chi connectivity index (χ2n) is 4.05. The van der Waals surface area contributed by atoms with E-state index in [4.69, 9.17) is 11.6 Å². The molecule has 0 aliphatic rings. The highest BCUT2D eigenvalue weighted by atomic mass is 35.5. The van der Waals surface area contributed by atoms with E-state index < -0.39 is 0 Å². The van der Waals surface area contributed by atoms with E-state index in [-0.39, 0.29) is 6.10 Å². The second-order valence-corrected chi connectivity index (χ2v) is 5.64. The lowest BCUT2D eigenvalue weighted by molar-refractivity contribution is 0.173. The first kappa shape index (κ1) is 13.5. The predicted molar refractivity (Wildman–Crippen MR) is 77.3 cm³/mol. The van der Waals surface area contributed by atoms with Crippen molar-refractivity contribution in [2.45, 2.75) is 29.2 Å². The van der Waals surface area contributed by atoms with Gasteiger partial charge in [0.05, 0.1) is 6.10 Å². The number of benzene rings is 2. The van der Waals surface area contributed by atoms with Crippen LogP contribution in [0.15, 0.2) is 58.3 Å². The van der Waals surface area contributed by atoms with Gasteiger partial charge in [-0.1, -0.05) is 48.5 Å². The highest BCUT2D eigenvalue weighted by Crippen LogP contribution is 2.30. The summed E-state index contributed by atoms with van der Waals surface area (Å²) in [5, 5.41) is 10.5. The minimum Gasteiger partial charge on any atom is -0.388 e. The summed E-state index contributed by atoms with van der Waals surface area (Å²) in [7, 11) is 0. The molecule has 0 saturated carbocycles. The quantitative estimate of drug-likeness (QED) is 0.855. The van der Waals surface area contributed by atoms with Crippen LogP contribution in [0, 0.1) is 0 Å². The van der Waals surface area contributed by atoms with Crippen molar-refractivity contribution in [3.63, 3.8) is 0 Å². The van der Waals surface area contributed by atoms with E-state index >= 15 is 0 Å². The predicted octanol–water partition coefficient (Wildman–Crippen LogP) is 4.93. The van der Waals surface area contributed by atoms with Crippen LogP contribution in [0.4, 0.5) is 0 Å². The fraction of sp³-hybridized carbons (Fsp3) is 0.200. The molecule has 94 valence electrons. The summed E-state index contributed by atoms with van der Waals surface area (Å²) in [5.41, 5.74) is 0.966. The fourth-order valence-corrected chi connectivity index (χ4v) is 2.79. The molecule has 3 heteroatoms.